The molecular formula is C20H23BrN2O4. The Balaban J connectivity index is 2.21. The van der Waals surface area contributed by atoms with E-state index < -0.39 is 11.5 Å². The number of carboxylic acids is 1. The number of hydrogen-bond donors (Lipinski definition) is 1. The molecule has 6 nitrogen and oxygen atoms in total. The molecule has 2 aromatic carbocycles. The van der Waals surface area contributed by atoms with Gasteiger partial charge in [-0.3, -0.25) is 9.69 Å². The van der Waals surface area contributed by atoms with E-state index in [4.69, 9.17) is 4.74 Å². The number of carbonyl (C=O) groups excluding carboxylic acids is 1. The summed E-state index contributed by atoms with van der Waals surface area (Å²) in [6, 6.07) is 14.4. The number of rotatable bonds is 9. The minimum absolute atomic E-state index is 0.356. The molecule has 1 unspecified atom stereocenters. The van der Waals surface area contributed by atoms with Gasteiger partial charge in [-0.15, -0.1) is 0 Å². The average molecular weight is 435 g/mol. The van der Waals surface area contributed by atoms with Crippen molar-refractivity contribution in [2.24, 2.45) is 0 Å². The third-order valence-corrected chi connectivity index (χ3v) is 5.30. The normalized spacial score (nSPS) is 13.1. The van der Waals surface area contributed by atoms with Crippen molar-refractivity contribution >= 4 is 34.0 Å². The largest absolute Gasteiger partial charge is 0.497 e. The van der Waals surface area contributed by atoms with Crippen molar-refractivity contribution in [3.8, 4) is 5.75 Å². The van der Waals surface area contributed by atoms with Crippen LogP contribution in [-0.2, 0) is 15.1 Å². The van der Waals surface area contributed by atoms with Crippen molar-refractivity contribution in [2.45, 2.75) is 12.5 Å². The Morgan fingerprint density at radius 2 is 1.89 bits per heavy atom. The summed E-state index contributed by atoms with van der Waals surface area (Å²) in [6.07, 6.45) is 0.751. The molecule has 0 saturated heterocycles. The number of carbonyl (C=O) groups is 2. The SMILES string of the molecule is COc1cccc(C(C)(C(=O)O)N(C)CCN(C=O)c2ccc(Br)cc2)c1. The van der Waals surface area contributed by atoms with E-state index in [-0.39, 0.29) is 0 Å². The minimum Gasteiger partial charge on any atom is -0.497 e. The average Bonchev–Trinajstić information content (AvgIpc) is 2.68. The predicted molar refractivity (Wildman–Crippen MR) is 108 cm³/mol. The van der Waals surface area contributed by atoms with Crippen LogP contribution in [0.15, 0.2) is 53.0 Å². The van der Waals surface area contributed by atoms with E-state index in [2.05, 4.69) is 15.9 Å². The first-order valence-corrected chi connectivity index (χ1v) is 9.19. The van der Waals surface area contributed by atoms with Crippen molar-refractivity contribution in [2.75, 3.05) is 32.1 Å². The number of likely N-dealkylation sites (N-methyl/N-ethyl adjacent to an activating group) is 1. The molecule has 0 aliphatic carbocycles. The number of anilines is 1. The summed E-state index contributed by atoms with van der Waals surface area (Å²) in [5.74, 6) is -0.377. The summed E-state index contributed by atoms with van der Waals surface area (Å²) in [4.78, 5) is 26.9. The van der Waals surface area contributed by atoms with Crippen LogP contribution in [0.5, 0.6) is 5.75 Å². The summed E-state index contributed by atoms with van der Waals surface area (Å²) in [7, 11) is 3.28. The lowest BCUT2D eigenvalue weighted by molar-refractivity contribution is -0.150. The summed E-state index contributed by atoms with van der Waals surface area (Å²) >= 11 is 3.37. The van der Waals surface area contributed by atoms with Gasteiger partial charge in [-0.05, 0) is 55.9 Å². The van der Waals surface area contributed by atoms with Crippen LogP contribution in [0.4, 0.5) is 5.69 Å². The fourth-order valence-corrected chi connectivity index (χ4v) is 3.05. The molecule has 0 aliphatic rings. The molecule has 0 bridgehead atoms. The zero-order chi connectivity index (χ0) is 20.0. The summed E-state index contributed by atoms with van der Waals surface area (Å²) in [5, 5.41) is 9.92. The van der Waals surface area contributed by atoms with Crippen LogP contribution >= 0.6 is 15.9 Å². The Morgan fingerprint density at radius 1 is 1.22 bits per heavy atom. The first-order chi connectivity index (χ1) is 12.8. The van der Waals surface area contributed by atoms with Crippen LogP contribution in [0.1, 0.15) is 12.5 Å². The molecule has 1 amide bonds. The van der Waals surface area contributed by atoms with Crippen LogP contribution in [-0.4, -0.2) is 49.6 Å². The molecule has 27 heavy (non-hydrogen) atoms. The van der Waals surface area contributed by atoms with E-state index >= 15 is 0 Å². The molecule has 2 rings (SSSR count). The second-order valence-corrected chi connectivity index (χ2v) is 7.22. The van der Waals surface area contributed by atoms with E-state index in [9.17, 15) is 14.7 Å². The number of halogens is 1. The summed E-state index contributed by atoms with van der Waals surface area (Å²) in [5.41, 5.74) is 0.0983. The van der Waals surface area contributed by atoms with Gasteiger partial charge in [0, 0.05) is 23.2 Å². The third kappa shape index (κ3) is 4.67. The first-order valence-electron chi connectivity index (χ1n) is 8.39. The third-order valence-electron chi connectivity index (χ3n) is 4.77. The Labute approximate surface area is 167 Å². The van der Waals surface area contributed by atoms with E-state index in [1.54, 1.807) is 55.1 Å². The quantitative estimate of drug-likeness (QED) is 0.612. The van der Waals surface area contributed by atoms with Crippen molar-refractivity contribution in [3.05, 3.63) is 58.6 Å². The lowest BCUT2D eigenvalue weighted by Gasteiger charge is -2.36. The lowest BCUT2D eigenvalue weighted by Crippen LogP contribution is -2.50. The maximum Gasteiger partial charge on any atom is 0.328 e. The summed E-state index contributed by atoms with van der Waals surface area (Å²) < 4.78 is 6.14. The number of ether oxygens (including phenoxy) is 1. The molecule has 0 spiro atoms. The lowest BCUT2D eigenvalue weighted by atomic mass is 9.90. The van der Waals surface area contributed by atoms with E-state index in [1.807, 2.05) is 24.3 Å². The second-order valence-electron chi connectivity index (χ2n) is 6.31. The zero-order valence-corrected chi connectivity index (χ0v) is 17.1. The highest BCUT2D eigenvalue weighted by Gasteiger charge is 2.39. The summed E-state index contributed by atoms with van der Waals surface area (Å²) in [6.45, 7) is 2.37. The van der Waals surface area contributed by atoms with Gasteiger partial charge in [0.15, 0.2) is 0 Å². The molecule has 1 N–H and O–H groups in total. The van der Waals surface area contributed by atoms with Crippen LogP contribution in [0.25, 0.3) is 0 Å². The highest BCUT2D eigenvalue weighted by Crippen LogP contribution is 2.30. The van der Waals surface area contributed by atoms with Crippen LogP contribution < -0.4 is 9.64 Å². The number of aliphatic carboxylic acids is 1. The van der Waals surface area contributed by atoms with Crippen molar-refractivity contribution < 1.29 is 19.4 Å². The van der Waals surface area contributed by atoms with Gasteiger partial charge in [0.05, 0.1) is 7.11 Å². The Kier molecular flexibility index (Phi) is 6.98. The van der Waals surface area contributed by atoms with Gasteiger partial charge in [0.25, 0.3) is 0 Å². The van der Waals surface area contributed by atoms with Gasteiger partial charge in [-0.1, -0.05) is 28.1 Å². The topological polar surface area (TPSA) is 70.1 Å². The standard InChI is InChI=1S/C20H23BrN2O4/c1-20(19(25)26,15-5-4-6-18(13-15)27-3)22(2)11-12-23(14-24)17-9-7-16(21)8-10-17/h4-10,13-14H,11-12H2,1-3H3,(H,25,26). The monoisotopic (exact) mass is 434 g/mol. The van der Waals surface area contributed by atoms with E-state index in [0.717, 1.165) is 16.6 Å². The highest BCUT2D eigenvalue weighted by molar-refractivity contribution is 9.10. The fraction of sp³-hybridized carbons (Fsp3) is 0.300. The molecule has 0 aliphatic heterocycles. The molecule has 0 aromatic heterocycles. The minimum atomic E-state index is -1.26. The molecule has 0 fully saturated rings. The number of methoxy groups -OCH3 is 1. The van der Waals surface area contributed by atoms with E-state index in [1.165, 1.54) is 0 Å². The van der Waals surface area contributed by atoms with Gasteiger partial charge < -0.3 is 14.7 Å². The number of benzene rings is 2. The maximum absolute atomic E-state index is 12.1. The van der Waals surface area contributed by atoms with Crippen molar-refractivity contribution in [1.29, 1.82) is 0 Å². The fourth-order valence-electron chi connectivity index (χ4n) is 2.79. The van der Waals surface area contributed by atoms with Crippen LogP contribution in [0.3, 0.4) is 0 Å². The number of amides is 1. The van der Waals surface area contributed by atoms with E-state index in [0.29, 0.717) is 24.4 Å². The van der Waals surface area contributed by atoms with Gasteiger partial charge in [-0.25, -0.2) is 4.79 Å². The molecule has 2 aromatic rings. The molecular weight excluding hydrogens is 412 g/mol. The van der Waals surface area contributed by atoms with Crippen molar-refractivity contribution in [3.63, 3.8) is 0 Å². The molecule has 144 valence electrons. The molecule has 0 saturated carbocycles. The second kappa shape index (κ2) is 9.01. The smallest absolute Gasteiger partial charge is 0.328 e. The van der Waals surface area contributed by atoms with Crippen LogP contribution in [0, 0.1) is 0 Å². The highest BCUT2D eigenvalue weighted by atomic mass is 79.9. The van der Waals surface area contributed by atoms with Gasteiger partial charge in [0.2, 0.25) is 6.41 Å². The molecule has 0 heterocycles. The molecule has 0 radical (unpaired) electrons. The zero-order valence-electron chi connectivity index (χ0n) is 15.6. The van der Waals surface area contributed by atoms with Crippen molar-refractivity contribution in [1.82, 2.24) is 4.90 Å². The Bertz CT molecular complexity index is 797. The number of nitrogens with zero attached hydrogens (tertiary/aromatic N) is 2. The van der Waals surface area contributed by atoms with Crippen LogP contribution in [0.2, 0.25) is 0 Å². The van der Waals surface area contributed by atoms with Gasteiger partial charge in [-0.2, -0.15) is 0 Å². The Hall–Kier alpha value is -2.38. The Morgan fingerprint density at radius 3 is 2.44 bits per heavy atom. The molecule has 7 heteroatoms. The number of carboxylic acid groups (broad SMARTS) is 1. The number of hydrogen-bond acceptors (Lipinski definition) is 4. The molecule has 1 atom stereocenters. The van der Waals surface area contributed by atoms with Gasteiger partial charge >= 0.3 is 5.97 Å². The first kappa shape index (κ1) is 20.9. The predicted octanol–water partition coefficient (Wildman–Crippen LogP) is 3.35. The van der Waals surface area contributed by atoms with Gasteiger partial charge in [0.1, 0.15) is 11.3 Å². The maximum atomic E-state index is 12.1.